The average molecular weight is 295 g/mol. The molecule has 0 atom stereocenters. The van der Waals surface area contributed by atoms with Gasteiger partial charge in [-0.25, -0.2) is 8.42 Å². The first-order valence-corrected chi connectivity index (χ1v) is 7.39. The normalized spacial score (nSPS) is 12.7. The van der Waals surface area contributed by atoms with Crippen LogP contribution in [0.15, 0.2) is 29.2 Å². The van der Waals surface area contributed by atoms with Crippen molar-refractivity contribution < 1.29 is 21.6 Å². The molecule has 0 saturated carbocycles. The maximum absolute atomic E-state index is 12.6. The third-order valence-electron chi connectivity index (χ3n) is 2.83. The molecule has 7 heteroatoms. The first kappa shape index (κ1) is 15.8. The second-order valence-corrected chi connectivity index (χ2v) is 6.01. The van der Waals surface area contributed by atoms with E-state index in [1.807, 2.05) is 13.8 Å². The zero-order valence-electron chi connectivity index (χ0n) is 10.7. The van der Waals surface area contributed by atoms with Crippen LogP contribution in [0.3, 0.4) is 0 Å². The van der Waals surface area contributed by atoms with Crippen molar-refractivity contribution in [2.45, 2.75) is 43.1 Å². The van der Waals surface area contributed by atoms with Gasteiger partial charge in [0, 0.05) is 6.04 Å². The number of hydrogen-bond donors (Lipinski definition) is 1. The predicted molar refractivity (Wildman–Crippen MR) is 67.7 cm³/mol. The second kappa shape index (κ2) is 5.81. The Morgan fingerprint density at radius 1 is 1.16 bits per heavy atom. The Morgan fingerprint density at radius 3 is 2.16 bits per heavy atom. The molecule has 0 saturated heterocycles. The third kappa shape index (κ3) is 3.40. The van der Waals surface area contributed by atoms with Gasteiger partial charge in [-0.15, -0.1) is 0 Å². The number of sulfone groups is 1. The molecule has 0 aliphatic rings. The van der Waals surface area contributed by atoms with Crippen LogP contribution in [0.5, 0.6) is 0 Å². The second-order valence-electron chi connectivity index (χ2n) is 4.10. The van der Waals surface area contributed by atoms with E-state index in [-0.39, 0.29) is 11.7 Å². The van der Waals surface area contributed by atoms with Crippen molar-refractivity contribution in [1.29, 1.82) is 0 Å². The highest BCUT2D eigenvalue weighted by atomic mass is 32.2. The quantitative estimate of drug-likeness (QED) is 0.903. The van der Waals surface area contributed by atoms with Crippen LogP contribution in [-0.2, 0) is 9.84 Å². The molecule has 0 heterocycles. The van der Waals surface area contributed by atoms with Crippen LogP contribution in [0.4, 0.5) is 18.9 Å². The maximum atomic E-state index is 12.6. The van der Waals surface area contributed by atoms with Crippen molar-refractivity contribution in [2.24, 2.45) is 0 Å². The smallest absolute Gasteiger partial charge is 0.381 e. The van der Waals surface area contributed by atoms with Crippen LogP contribution in [0.25, 0.3) is 0 Å². The van der Waals surface area contributed by atoms with Crippen molar-refractivity contribution in [2.75, 3.05) is 5.32 Å². The van der Waals surface area contributed by atoms with Gasteiger partial charge in [0.2, 0.25) is 0 Å². The lowest BCUT2D eigenvalue weighted by Gasteiger charge is -2.19. The van der Waals surface area contributed by atoms with Crippen molar-refractivity contribution in [3.63, 3.8) is 0 Å². The fourth-order valence-corrected chi connectivity index (χ4v) is 2.58. The molecule has 1 aromatic carbocycles. The lowest BCUT2D eigenvalue weighted by molar-refractivity contribution is -0.0435. The summed E-state index contributed by atoms with van der Waals surface area (Å²) in [6, 6.07) is 5.02. The van der Waals surface area contributed by atoms with Crippen molar-refractivity contribution in [1.82, 2.24) is 0 Å². The van der Waals surface area contributed by atoms with Crippen molar-refractivity contribution in [3.05, 3.63) is 24.3 Å². The molecular formula is C12H16F3NO2S. The van der Waals surface area contributed by atoms with Crippen LogP contribution in [0.1, 0.15) is 26.7 Å². The molecule has 0 aromatic heterocycles. The molecule has 0 aliphatic heterocycles. The minimum absolute atomic E-state index is 0.00600. The van der Waals surface area contributed by atoms with E-state index in [0.717, 1.165) is 6.07 Å². The fraction of sp³-hybridized carbons (Fsp3) is 0.500. The minimum atomic E-state index is -5.33. The van der Waals surface area contributed by atoms with E-state index >= 15 is 0 Å². The molecule has 0 fully saturated rings. The molecule has 0 radical (unpaired) electrons. The average Bonchev–Trinajstić information content (AvgIpc) is 2.35. The number of rotatable bonds is 5. The Morgan fingerprint density at radius 2 is 1.68 bits per heavy atom. The van der Waals surface area contributed by atoms with Gasteiger partial charge >= 0.3 is 5.51 Å². The van der Waals surface area contributed by atoms with Gasteiger partial charge in [0.25, 0.3) is 9.84 Å². The number of hydrogen-bond acceptors (Lipinski definition) is 3. The number of nitrogens with one attached hydrogen (secondary N) is 1. The molecule has 0 aliphatic carbocycles. The highest BCUT2D eigenvalue weighted by Gasteiger charge is 2.47. The molecule has 0 unspecified atom stereocenters. The Kier molecular flexibility index (Phi) is 4.84. The number of halogens is 3. The van der Waals surface area contributed by atoms with Crippen LogP contribution < -0.4 is 5.32 Å². The zero-order valence-corrected chi connectivity index (χ0v) is 11.5. The van der Waals surface area contributed by atoms with Crippen molar-refractivity contribution in [3.8, 4) is 0 Å². The summed E-state index contributed by atoms with van der Waals surface area (Å²) >= 11 is 0. The molecule has 19 heavy (non-hydrogen) atoms. The molecular weight excluding hydrogens is 279 g/mol. The van der Waals surface area contributed by atoms with Gasteiger partial charge in [-0.05, 0) is 25.0 Å². The summed E-state index contributed by atoms with van der Waals surface area (Å²) in [5.74, 6) is 0. The lowest BCUT2D eigenvalue weighted by atomic mass is 10.1. The van der Waals surface area contributed by atoms with E-state index in [1.54, 1.807) is 0 Å². The van der Waals surface area contributed by atoms with Gasteiger partial charge in [0.1, 0.15) is 0 Å². The monoisotopic (exact) mass is 295 g/mol. The Balaban J connectivity index is 3.24. The molecule has 3 nitrogen and oxygen atoms in total. The number of para-hydroxylation sites is 1. The van der Waals surface area contributed by atoms with Gasteiger partial charge in [-0.3, -0.25) is 0 Å². The molecule has 0 amide bonds. The topological polar surface area (TPSA) is 46.2 Å². The van der Waals surface area contributed by atoms with E-state index in [0.29, 0.717) is 12.8 Å². The predicted octanol–water partition coefficient (Wildman–Crippen LogP) is 3.58. The Bertz CT molecular complexity index is 522. The van der Waals surface area contributed by atoms with Gasteiger partial charge in [-0.2, -0.15) is 13.2 Å². The SMILES string of the molecule is CCC(CC)Nc1ccccc1S(=O)(=O)C(F)(F)F. The molecule has 0 spiro atoms. The standard InChI is InChI=1S/C12H16F3NO2S/c1-3-9(4-2)16-10-7-5-6-8-11(10)19(17,18)12(13,14)15/h5-9,16H,3-4H2,1-2H3. The highest BCUT2D eigenvalue weighted by Crippen LogP contribution is 2.34. The summed E-state index contributed by atoms with van der Waals surface area (Å²) < 4.78 is 60.7. The molecule has 108 valence electrons. The van der Waals surface area contributed by atoms with E-state index < -0.39 is 20.2 Å². The van der Waals surface area contributed by atoms with E-state index in [4.69, 9.17) is 0 Å². The van der Waals surface area contributed by atoms with E-state index in [2.05, 4.69) is 5.32 Å². The summed E-state index contributed by atoms with van der Waals surface area (Å²) in [4.78, 5) is -0.727. The number of alkyl halides is 3. The van der Waals surface area contributed by atoms with E-state index in [9.17, 15) is 21.6 Å². The summed E-state index contributed by atoms with van der Waals surface area (Å²) in [5.41, 5.74) is -5.30. The number of benzene rings is 1. The minimum Gasteiger partial charge on any atom is -0.381 e. The van der Waals surface area contributed by atoms with Gasteiger partial charge in [0.05, 0.1) is 10.6 Å². The Labute approximate surface area is 110 Å². The summed E-state index contributed by atoms with van der Waals surface area (Å²) in [6.45, 7) is 3.75. The Hall–Kier alpha value is -1.24. The van der Waals surface area contributed by atoms with E-state index in [1.165, 1.54) is 18.2 Å². The van der Waals surface area contributed by atoms with Gasteiger partial charge < -0.3 is 5.32 Å². The first-order chi connectivity index (χ1) is 8.74. The molecule has 0 bridgehead atoms. The molecule has 1 aromatic rings. The lowest BCUT2D eigenvalue weighted by Crippen LogP contribution is -2.26. The van der Waals surface area contributed by atoms with Crippen LogP contribution in [-0.4, -0.2) is 20.0 Å². The first-order valence-electron chi connectivity index (χ1n) is 5.91. The van der Waals surface area contributed by atoms with Gasteiger partial charge in [0.15, 0.2) is 0 Å². The zero-order chi connectivity index (χ0) is 14.7. The fourth-order valence-electron chi connectivity index (χ4n) is 1.66. The van der Waals surface area contributed by atoms with Crippen LogP contribution in [0, 0.1) is 0 Å². The summed E-state index contributed by atoms with van der Waals surface area (Å²) in [5, 5.41) is 2.85. The molecule has 1 rings (SSSR count). The molecule has 1 N–H and O–H groups in total. The third-order valence-corrected chi connectivity index (χ3v) is 4.37. The maximum Gasteiger partial charge on any atom is 0.501 e. The number of anilines is 1. The highest BCUT2D eigenvalue weighted by molar-refractivity contribution is 7.92. The van der Waals surface area contributed by atoms with Crippen LogP contribution in [0.2, 0.25) is 0 Å². The summed E-state index contributed by atoms with van der Waals surface area (Å²) in [7, 11) is -5.33. The largest absolute Gasteiger partial charge is 0.501 e. The van der Waals surface area contributed by atoms with Crippen LogP contribution >= 0.6 is 0 Å². The van der Waals surface area contributed by atoms with Gasteiger partial charge in [-0.1, -0.05) is 26.0 Å². The summed E-state index contributed by atoms with van der Waals surface area (Å²) in [6.07, 6.45) is 1.38. The van der Waals surface area contributed by atoms with Crippen molar-refractivity contribution >= 4 is 15.5 Å².